The Hall–Kier alpha value is -4.00. The minimum atomic E-state index is -0.889. The topological polar surface area (TPSA) is 79.7 Å². The summed E-state index contributed by atoms with van der Waals surface area (Å²) in [7, 11) is 1.54. The fourth-order valence-electron chi connectivity index (χ4n) is 3.88. The van der Waals surface area contributed by atoms with E-state index in [-0.39, 0.29) is 17.9 Å². The number of aliphatic hydroxyl groups is 1. The number of aliphatic hydroxyl groups excluding tert-OH is 1. The first-order valence-corrected chi connectivity index (χ1v) is 9.99. The summed E-state index contributed by atoms with van der Waals surface area (Å²) in [5, 5.41) is 11.1. The van der Waals surface area contributed by atoms with E-state index in [9.17, 15) is 19.1 Å². The first-order chi connectivity index (χ1) is 15.4. The number of Topliss-reactive ketones (excluding diaryl/α,β-unsaturated/α-hetero) is 1. The molecule has 0 radical (unpaired) electrons. The molecule has 0 bridgehead atoms. The van der Waals surface area contributed by atoms with Crippen LogP contribution in [0.3, 0.4) is 0 Å². The van der Waals surface area contributed by atoms with Crippen LogP contribution in [-0.4, -0.2) is 33.8 Å². The molecule has 7 heteroatoms. The van der Waals surface area contributed by atoms with Crippen LogP contribution in [0.25, 0.3) is 5.76 Å². The molecule has 1 aliphatic rings. The fourth-order valence-corrected chi connectivity index (χ4v) is 3.88. The lowest BCUT2D eigenvalue weighted by Gasteiger charge is -2.25. The third-order valence-corrected chi connectivity index (χ3v) is 5.45. The van der Waals surface area contributed by atoms with Crippen molar-refractivity contribution in [3.05, 3.63) is 101 Å². The number of halogens is 1. The molecule has 2 aromatic carbocycles. The van der Waals surface area contributed by atoms with Gasteiger partial charge in [-0.1, -0.05) is 18.2 Å². The number of ketones is 1. The molecule has 1 fully saturated rings. The number of nitrogens with zero attached hydrogens (tertiary/aromatic N) is 2. The van der Waals surface area contributed by atoms with E-state index in [0.29, 0.717) is 22.6 Å². The van der Waals surface area contributed by atoms with Crippen LogP contribution in [0.4, 0.5) is 4.39 Å². The number of pyridine rings is 1. The van der Waals surface area contributed by atoms with Crippen LogP contribution < -0.4 is 4.74 Å². The Morgan fingerprint density at radius 1 is 1.12 bits per heavy atom. The molecular formula is C25H21FN2O4. The number of ether oxygens (including phenoxy) is 1. The molecule has 1 amide bonds. The van der Waals surface area contributed by atoms with Crippen LogP contribution >= 0.6 is 0 Å². The molecule has 1 saturated heterocycles. The highest BCUT2D eigenvalue weighted by Gasteiger charge is 2.46. The zero-order valence-electron chi connectivity index (χ0n) is 17.6. The number of amides is 1. The molecule has 1 aromatic heterocycles. The average Bonchev–Trinajstić information content (AvgIpc) is 3.04. The smallest absolute Gasteiger partial charge is 0.296 e. The molecule has 1 N–H and O–H groups in total. The highest BCUT2D eigenvalue weighted by molar-refractivity contribution is 6.46. The minimum Gasteiger partial charge on any atom is -0.507 e. The number of rotatable bonds is 5. The van der Waals surface area contributed by atoms with Crippen molar-refractivity contribution in [2.24, 2.45) is 0 Å². The van der Waals surface area contributed by atoms with Gasteiger partial charge in [0.05, 0.1) is 31.0 Å². The van der Waals surface area contributed by atoms with Crippen molar-refractivity contribution in [1.82, 2.24) is 9.88 Å². The zero-order chi connectivity index (χ0) is 22.8. The Morgan fingerprint density at radius 3 is 2.50 bits per heavy atom. The monoisotopic (exact) mass is 432 g/mol. The van der Waals surface area contributed by atoms with Crippen molar-refractivity contribution in [3.8, 4) is 5.75 Å². The van der Waals surface area contributed by atoms with Gasteiger partial charge in [0.25, 0.3) is 11.7 Å². The second kappa shape index (κ2) is 8.63. The van der Waals surface area contributed by atoms with Gasteiger partial charge in [-0.05, 0) is 60.5 Å². The number of aryl methyl sites for hydroxylation is 1. The summed E-state index contributed by atoms with van der Waals surface area (Å²) in [5.41, 5.74) is 2.18. The first kappa shape index (κ1) is 21.2. The molecule has 162 valence electrons. The van der Waals surface area contributed by atoms with E-state index < -0.39 is 23.5 Å². The van der Waals surface area contributed by atoms with E-state index in [4.69, 9.17) is 4.74 Å². The molecule has 3 aromatic rings. The number of carbonyl (C=O) groups excluding carboxylic acids is 2. The van der Waals surface area contributed by atoms with Crippen LogP contribution in [0.5, 0.6) is 5.75 Å². The summed E-state index contributed by atoms with van der Waals surface area (Å²) in [6.45, 7) is 1.87. The lowest BCUT2D eigenvalue weighted by molar-refractivity contribution is -0.140. The molecule has 6 nitrogen and oxygen atoms in total. The van der Waals surface area contributed by atoms with Gasteiger partial charge in [-0.3, -0.25) is 14.6 Å². The molecule has 4 rings (SSSR count). The van der Waals surface area contributed by atoms with Crippen molar-refractivity contribution in [3.63, 3.8) is 0 Å². The molecular weight excluding hydrogens is 411 g/mol. The highest BCUT2D eigenvalue weighted by Crippen LogP contribution is 2.40. The predicted octanol–water partition coefficient (Wildman–Crippen LogP) is 4.16. The lowest BCUT2D eigenvalue weighted by Crippen LogP contribution is -2.29. The van der Waals surface area contributed by atoms with Crippen LogP contribution in [0.15, 0.2) is 72.4 Å². The number of aromatic nitrogens is 1. The van der Waals surface area contributed by atoms with Gasteiger partial charge in [-0.15, -0.1) is 0 Å². The van der Waals surface area contributed by atoms with E-state index in [1.807, 2.05) is 6.92 Å². The number of benzene rings is 2. The second-order valence-electron chi connectivity index (χ2n) is 7.48. The van der Waals surface area contributed by atoms with Gasteiger partial charge in [0.2, 0.25) is 0 Å². The summed E-state index contributed by atoms with van der Waals surface area (Å²) in [4.78, 5) is 31.6. The summed E-state index contributed by atoms with van der Waals surface area (Å²) in [6, 6.07) is 14.9. The molecule has 0 saturated carbocycles. The number of likely N-dealkylation sites (tertiary alicyclic amines) is 1. The number of hydrogen-bond donors (Lipinski definition) is 1. The van der Waals surface area contributed by atoms with Crippen LogP contribution in [0, 0.1) is 12.7 Å². The fraction of sp³-hybridized carbons (Fsp3) is 0.160. The Balaban J connectivity index is 1.86. The SMILES string of the molecule is COc1ccc(/C(O)=C2/C(=O)C(=O)N(Cc3ccccn3)C2c2ccc(F)cc2)cc1C. The highest BCUT2D eigenvalue weighted by atomic mass is 19.1. The minimum absolute atomic E-state index is 0.0536. The maximum Gasteiger partial charge on any atom is 0.296 e. The van der Waals surface area contributed by atoms with E-state index in [1.165, 1.54) is 29.2 Å². The number of carbonyl (C=O) groups is 2. The average molecular weight is 432 g/mol. The van der Waals surface area contributed by atoms with Crippen LogP contribution in [0.1, 0.15) is 28.4 Å². The van der Waals surface area contributed by atoms with Crippen molar-refractivity contribution in [2.45, 2.75) is 19.5 Å². The second-order valence-corrected chi connectivity index (χ2v) is 7.48. The van der Waals surface area contributed by atoms with Crippen molar-refractivity contribution >= 4 is 17.4 Å². The number of hydrogen-bond acceptors (Lipinski definition) is 5. The molecule has 0 aliphatic carbocycles. The Labute approximate surface area is 184 Å². The van der Waals surface area contributed by atoms with Crippen molar-refractivity contribution in [2.75, 3.05) is 7.11 Å². The van der Waals surface area contributed by atoms with Crippen molar-refractivity contribution in [1.29, 1.82) is 0 Å². The van der Waals surface area contributed by atoms with Gasteiger partial charge in [-0.25, -0.2) is 4.39 Å². The molecule has 2 heterocycles. The lowest BCUT2D eigenvalue weighted by atomic mass is 9.94. The van der Waals surface area contributed by atoms with Crippen LogP contribution in [0.2, 0.25) is 0 Å². The van der Waals surface area contributed by atoms with E-state index >= 15 is 0 Å². The zero-order valence-corrected chi connectivity index (χ0v) is 17.6. The Kier molecular flexibility index (Phi) is 5.73. The molecule has 1 atom stereocenters. The largest absolute Gasteiger partial charge is 0.507 e. The van der Waals surface area contributed by atoms with Gasteiger partial charge in [-0.2, -0.15) is 0 Å². The standard InChI is InChI=1S/C25H21FN2O4/c1-15-13-17(8-11-20(15)32-2)23(29)21-22(16-6-9-18(26)10-7-16)28(25(31)24(21)30)14-19-5-3-4-12-27-19/h3-13,22,29H,14H2,1-2H3/b23-21-. The molecule has 1 unspecified atom stereocenters. The predicted molar refractivity (Wildman–Crippen MR) is 116 cm³/mol. The van der Waals surface area contributed by atoms with E-state index in [0.717, 1.165) is 5.56 Å². The Morgan fingerprint density at radius 2 is 1.88 bits per heavy atom. The third-order valence-electron chi connectivity index (χ3n) is 5.45. The quantitative estimate of drug-likeness (QED) is 0.372. The molecule has 32 heavy (non-hydrogen) atoms. The van der Waals surface area contributed by atoms with E-state index in [1.54, 1.807) is 49.7 Å². The maximum absolute atomic E-state index is 13.6. The maximum atomic E-state index is 13.6. The summed E-state index contributed by atoms with van der Waals surface area (Å²) < 4.78 is 18.8. The third kappa shape index (κ3) is 3.85. The van der Waals surface area contributed by atoms with Crippen LogP contribution in [-0.2, 0) is 16.1 Å². The van der Waals surface area contributed by atoms with Gasteiger partial charge in [0.1, 0.15) is 17.3 Å². The summed E-state index contributed by atoms with van der Waals surface area (Å²) in [5.74, 6) is -1.67. The van der Waals surface area contributed by atoms with E-state index in [2.05, 4.69) is 4.98 Å². The van der Waals surface area contributed by atoms with Gasteiger partial charge in [0, 0.05) is 11.8 Å². The Bertz CT molecular complexity index is 1210. The first-order valence-electron chi connectivity index (χ1n) is 9.99. The van der Waals surface area contributed by atoms with Gasteiger partial charge in [0.15, 0.2) is 0 Å². The molecule has 1 aliphatic heterocycles. The normalized spacial score (nSPS) is 17.6. The summed E-state index contributed by atoms with van der Waals surface area (Å²) >= 11 is 0. The summed E-state index contributed by atoms with van der Waals surface area (Å²) in [6.07, 6.45) is 1.60. The van der Waals surface area contributed by atoms with Gasteiger partial charge < -0.3 is 14.7 Å². The van der Waals surface area contributed by atoms with Gasteiger partial charge >= 0.3 is 0 Å². The van der Waals surface area contributed by atoms with Crippen molar-refractivity contribution < 1.29 is 23.8 Å². The number of methoxy groups -OCH3 is 1. The molecule has 0 spiro atoms.